The number of hydrogen-bond donors (Lipinski definition) is 2. The van der Waals surface area contributed by atoms with Crippen molar-refractivity contribution in [1.82, 2.24) is 10.0 Å². The highest BCUT2D eigenvalue weighted by Crippen LogP contribution is 2.27. The maximum Gasteiger partial charge on any atom is 0.240 e. The Hall–Kier alpha value is -2.85. The van der Waals surface area contributed by atoms with Crippen LogP contribution < -0.4 is 14.9 Å². The lowest BCUT2D eigenvalue weighted by Gasteiger charge is -2.17. The molecule has 10 heteroatoms. The van der Waals surface area contributed by atoms with Gasteiger partial charge in [0.15, 0.2) is 0 Å². The van der Waals surface area contributed by atoms with E-state index in [0.717, 1.165) is 25.0 Å². The lowest BCUT2D eigenvalue weighted by atomic mass is 10.1. The first-order valence-corrected chi connectivity index (χ1v) is 11.3. The Bertz CT molecular complexity index is 1100. The molecule has 2 aromatic carbocycles. The second-order valence-corrected chi connectivity index (χ2v) is 9.50. The molecule has 0 bridgehead atoms. The van der Waals surface area contributed by atoms with Crippen LogP contribution in [0.25, 0.3) is 0 Å². The molecule has 1 atom stereocenters. The number of carbonyl (C=O) groups excluding carboxylic acids is 2. The fourth-order valence-electron chi connectivity index (χ4n) is 3.44. The molecule has 1 unspecified atom stereocenters. The Morgan fingerprint density at radius 3 is 2.32 bits per heavy atom. The van der Waals surface area contributed by atoms with Crippen LogP contribution in [0.2, 0.25) is 0 Å². The first-order valence-electron chi connectivity index (χ1n) is 9.87. The first kappa shape index (κ1) is 21.4. The quantitative estimate of drug-likeness (QED) is 0.677. The van der Waals surface area contributed by atoms with E-state index in [2.05, 4.69) is 10.0 Å². The summed E-state index contributed by atoms with van der Waals surface area (Å²) in [4.78, 5) is 26.1. The van der Waals surface area contributed by atoms with Crippen LogP contribution in [-0.4, -0.2) is 32.8 Å². The molecule has 1 saturated carbocycles. The molecule has 4 rings (SSSR count). The minimum Gasteiger partial charge on any atom is -0.352 e. The fourth-order valence-corrected chi connectivity index (χ4v) is 4.74. The van der Waals surface area contributed by atoms with Crippen LogP contribution in [0.1, 0.15) is 24.8 Å². The largest absolute Gasteiger partial charge is 0.352 e. The van der Waals surface area contributed by atoms with Crippen molar-refractivity contribution in [2.24, 2.45) is 5.92 Å². The van der Waals surface area contributed by atoms with Crippen LogP contribution in [0.3, 0.4) is 0 Å². The molecule has 7 nitrogen and oxygen atoms in total. The van der Waals surface area contributed by atoms with Crippen LogP contribution in [0.4, 0.5) is 14.5 Å². The highest BCUT2D eigenvalue weighted by molar-refractivity contribution is 7.89. The van der Waals surface area contributed by atoms with Crippen molar-refractivity contribution in [2.45, 2.75) is 36.7 Å². The number of anilines is 1. The summed E-state index contributed by atoms with van der Waals surface area (Å²) in [6.45, 7) is 0.187. The predicted molar refractivity (Wildman–Crippen MR) is 108 cm³/mol. The summed E-state index contributed by atoms with van der Waals surface area (Å²) in [5.74, 6) is -2.99. The van der Waals surface area contributed by atoms with Gasteiger partial charge in [-0.2, -0.15) is 0 Å². The first-order chi connectivity index (χ1) is 14.7. The molecule has 0 aromatic heterocycles. The number of sulfonamides is 1. The molecule has 0 spiro atoms. The van der Waals surface area contributed by atoms with Gasteiger partial charge in [-0.05, 0) is 42.7 Å². The molecule has 0 radical (unpaired) electrons. The Balaban J connectivity index is 1.34. The van der Waals surface area contributed by atoms with Gasteiger partial charge in [0, 0.05) is 37.3 Å². The molecule has 2 fully saturated rings. The van der Waals surface area contributed by atoms with Crippen molar-refractivity contribution >= 4 is 27.5 Å². The molecular weight excluding hydrogens is 428 g/mol. The van der Waals surface area contributed by atoms with Crippen LogP contribution in [0.15, 0.2) is 47.4 Å². The molecule has 2 aromatic rings. The summed E-state index contributed by atoms with van der Waals surface area (Å²) in [5.41, 5.74) is 0.779. The second-order valence-electron chi connectivity index (χ2n) is 7.79. The fraction of sp³-hybridized carbons (Fsp3) is 0.333. The summed E-state index contributed by atoms with van der Waals surface area (Å²) < 4.78 is 53.9. The summed E-state index contributed by atoms with van der Waals surface area (Å²) in [5, 5.41) is 2.73. The average Bonchev–Trinajstić information content (AvgIpc) is 3.42. The normalized spacial score (nSPS) is 19.0. The van der Waals surface area contributed by atoms with Crippen LogP contribution in [0.5, 0.6) is 0 Å². The van der Waals surface area contributed by atoms with Gasteiger partial charge in [-0.25, -0.2) is 21.9 Å². The highest BCUT2D eigenvalue weighted by Gasteiger charge is 2.35. The Kier molecular flexibility index (Phi) is 5.76. The van der Waals surface area contributed by atoms with Gasteiger partial charge in [0.1, 0.15) is 11.6 Å². The number of rotatable bonds is 7. The van der Waals surface area contributed by atoms with Gasteiger partial charge in [0.05, 0.1) is 10.8 Å². The smallest absolute Gasteiger partial charge is 0.240 e. The standard InChI is InChI=1S/C21H21F2N3O4S/c22-15-8-16(23)10-18(9-15)26-12-14(7-20(26)27)21(28)24-11-13-1-5-19(6-2-13)31(29,30)25-17-3-4-17/h1-2,5-6,8-10,14,17,25H,3-4,7,11-12H2,(H,24,28). The van der Waals surface area contributed by atoms with Gasteiger partial charge in [0.25, 0.3) is 0 Å². The van der Waals surface area contributed by atoms with Gasteiger partial charge in [0.2, 0.25) is 21.8 Å². The SMILES string of the molecule is O=C(NCc1ccc(S(=O)(=O)NC2CC2)cc1)C1CC(=O)N(c2cc(F)cc(F)c2)C1. The van der Waals surface area contributed by atoms with Crippen molar-refractivity contribution < 1.29 is 26.8 Å². The second kappa shape index (κ2) is 8.35. The zero-order chi connectivity index (χ0) is 22.2. The van der Waals surface area contributed by atoms with E-state index in [0.29, 0.717) is 11.6 Å². The number of nitrogens with zero attached hydrogens (tertiary/aromatic N) is 1. The van der Waals surface area contributed by atoms with E-state index >= 15 is 0 Å². The molecule has 31 heavy (non-hydrogen) atoms. The van der Waals surface area contributed by atoms with Crippen molar-refractivity contribution in [3.05, 3.63) is 59.7 Å². The summed E-state index contributed by atoms with van der Waals surface area (Å²) in [6, 6.07) is 9.02. The zero-order valence-corrected chi connectivity index (χ0v) is 17.3. The molecule has 2 N–H and O–H groups in total. The Labute approximate surface area is 178 Å². The summed E-state index contributed by atoms with van der Waals surface area (Å²) in [6.07, 6.45) is 1.63. The third kappa shape index (κ3) is 5.08. The van der Waals surface area contributed by atoms with E-state index in [-0.39, 0.29) is 47.9 Å². The topological polar surface area (TPSA) is 95.6 Å². The Morgan fingerprint density at radius 1 is 1.06 bits per heavy atom. The lowest BCUT2D eigenvalue weighted by molar-refractivity contribution is -0.126. The maximum atomic E-state index is 13.4. The van der Waals surface area contributed by atoms with Gasteiger partial charge in [-0.1, -0.05) is 12.1 Å². The molecule has 1 saturated heterocycles. The number of carbonyl (C=O) groups is 2. The van der Waals surface area contributed by atoms with E-state index in [9.17, 15) is 26.8 Å². The van der Waals surface area contributed by atoms with Crippen LogP contribution in [-0.2, 0) is 26.2 Å². The van der Waals surface area contributed by atoms with Gasteiger partial charge < -0.3 is 10.2 Å². The van der Waals surface area contributed by atoms with Crippen LogP contribution in [0, 0.1) is 17.6 Å². The number of benzene rings is 2. The van der Waals surface area contributed by atoms with Gasteiger partial charge in [-0.3, -0.25) is 9.59 Å². The molecule has 2 amide bonds. The minimum atomic E-state index is -3.54. The summed E-state index contributed by atoms with van der Waals surface area (Å²) >= 11 is 0. The third-order valence-electron chi connectivity index (χ3n) is 5.25. The van der Waals surface area contributed by atoms with Crippen molar-refractivity contribution in [3.8, 4) is 0 Å². The molecular formula is C21H21F2N3O4S. The Morgan fingerprint density at radius 2 is 1.71 bits per heavy atom. The predicted octanol–water partition coefficient (Wildman–Crippen LogP) is 2.07. The van der Waals surface area contributed by atoms with E-state index in [1.165, 1.54) is 17.0 Å². The van der Waals surface area contributed by atoms with E-state index in [1.54, 1.807) is 12.1 Å². The minimum absolute atomic E-state index is 0.0153. The van der Waals surface area contributed by atoms with Gasteiger partial charge in [-0.15, -0.1) is 0 Å². The molecule has 164 valence electrons. The average molecular weight is 449 g/mol. The monoisotopic (exact) mass is 449 g/mol. The lowest BCUT2D eigenvalue weighted by Crippen LogP contribution is -2.32. The van der Waals surface area contributed by atoms with E-state index in [1.807, 2.05) is 0 Å². The van der Waals surface area contributed by atoms with E-state index in [4.69, 9.17) is 0 Å². The van der Waals surface area contributed by atoms with Crippen molar-refractivity contribution in [2.75, 3.05) is 11.4 Å². The number of amides is 2. The van der Waals surface area contributed by atoms with Gasteiger partial charge >= 0.3 is 0 Å². The van der Waals surface area contributed by atoms with Crippen molar-refractivity contribution in [1.29, 1.82) is 0 Å². The maximum absolute atomic E-state index is 13.4. The van der Waals surface area contributed by atoms with E-state index < -0.39 is 27.6 Å². The number of halogens is 2. The molecule has 1 aliphatic heterocycles. The molecule has 1 heterocycles. The number of nitrogens with one attached hydrogen (secondary N) is 2. The third-order valence-corrected chi connectivity index (χ3v) is 6.79. The zero-order valence-electron chi connectivity index (χ0n) is 16.5. The molecule has 1 aliphatic carbocycles. The van der Waals surface area contributed by atoms with Crippen molar-refractivity contribution in [3.63, 3.8) is 0 Å². The summed E-state index contributed by atoms with van der Waals surface area (Å²) in [7, 11) is -3.54. The highest BCUT2D eigenvalue weighted by atomic mass is 32.2. The molecule has 2 aliphatic rings. The number of hydrogen-bond acceptors (Lipinski definition) is 4. The van der Waals surface area contributed by atoms with Crippen LogP contribution >= 0.6 is 0 Å².